The third kappa shape index (κ3) is 2.50. The lowest BCUT2D eigenvalue weighted by Crippen LogP contribution is -1.93. The molecule has 0 saturated heterocycles. The predicted molar refractivity (Wildman–Crippen MR) is 87.9 cm³/mol. The Labute approximate surface area is 120 Å². The minimum atomic E-state index is 0.952. The van der Waals surface area contributed by atoms with Crippen LogP contribution in [-0.4, -0.2) is 0 Å². The van der Waals surface area contributed by atoms with E-state index in [0.717, 1.165) is 12.0 Å². The van der Waals surface area contributed by atoms with Crippen molar-refractivity contribution in [2.45, 2.75) is 13.3 Å². The van der Waals surface area contributed by atoms with E-state index in [0.29, 0.717) is 0 Å². The van der Waals surface area contributed by atoms with Crippen LogP contribution in [0.5, 0.6) is 0 Å². The van der Waals surface area contributed by atoms with Gasteiger partial charge in [0.25, 0.3) is 0 Å². The van der Waals surface area contributed by atoms with Crippen molar-refractivity contribution in [3.63, 3.8) is 0 Å². The molecule has 0 aliphatic heterocycles. The van der Waals surface area contributed by atoms with E-state index < -0.39 is 0 Å². The lowest BCUT2D eigenvalue weighted by Gasteiger charge is -2.10. The molecule has 98 valence electrons. The van der Waals surface area contributed by atoms with Crippen LogP contribution in [0.1, 0.15) is 23.6 Å². The number of allylic oxidation sites excluding steroid dienone is 1. The standard InChI is InChI=1S/C20H18/c1-15(2)20-10-6-5-9-19(20)14-16-11-12-17-7-3-4-8-18(17)13-16/h3-13H,1,14H2,2H3. The summed E-state index contributed by atoms with van der Waals surface area (Å²) in [4.78, 5) is 0. The topological polar surface area (TPSA) is 0 Å². The summed E-state index contributed by atoms with van der Waals surface area (Å²) in [5, 5.41) is 2.60. The van der Waals surface area contributed by atoms with Gasteiger partial charge in [-0.3, -0.25) is 0 Å². The van der Waals surface area contributed by atoms with E-state index in [2.05, 4.69) is 80.2 Å². The summed E-state index contributed by atoms with van der Waals surface area (Å²) in [7, 11) is 0. The second-order valence-corrected chi connectivity index (χ2v) is 5.30. The molecule has 0 heterocycles. The van der Waals surface area contributed by atoms with Crippen molar-refractivity contribution in [1.29, 1.82) is 0 Å². The molecule has 3 rings (SSSR count). The highest BCUT2D eigenvalue weighted by molar-refractivity contribution is 5.83. The fraction of sp³-hybridized carbons (Fsp3) is 0.100. The molecule has 0 nitrogen and oxygen atoms in total. The lowest BCUT2D eigenvalue weighted by molar-refractivity contribution is 1.18. The average molecular weight is 258 g/mol. The molecule has 20 heavy (non-hydrogen) atoms. The molecule has 0 bridgehead atoms. The summed E-state index contributed by atoms with van der Waals surface area (Å²) in [6.07, 6.45) is 0.952. The summed E-state index contributed by atoms with van der Waals surface area (Å²) in [5.74, 6) is 0. The van der Waals surface area contributed by atoms with E-state index >= 15 is 0 Å². The largest absolute Gasteiger partial charge is 0.0955 e. The molecule has 3 aromatic carbocycles. The fourth-order valence-corrected chi connectivity index (χ4v) is 2.66. The van der Waals surface area contributed by atoms with Crippen molar-refractivity contribution in [2.75, 3.05) is 0 Å². The number of benzene rings is 3. The number of fused-ring (bicyclic) bond motifs is 1. The molecule has 0 aliphatic rings. The van der Waals surface area contributed by atoms with Crippen molar-refractivity contribution in [3.05, 3.63) is 90.0 Å². The van der Waals surface area contributed by atoms with Crippen molar-refractivity contribution in [1.82, 2.24) is 0 Å². The second-order valence-electron chi connectivity index (χ2n) is 5.30. The van der Waals surface area contributed by atoms with Crippen molar-refractivity contribution in [2.24, 2.45) is 0 Å². The maximum absolute atomic E-state index is 4.08. The van der Waals surface area contributed by atoms with Gasteiger partial charge in [-0.15, -0.1) is 0 Å². The second kappa shape index (κ2) is 5.34. The first-order chi connectivity index (χ1) is 9.74. The first-order valence-electron chi connectivity index (χ1n) is 6.95. The summed E-state index contributed by atoms with van der Waals surface area (Å²) >= 11 is 0. The van der Waals surface area contributed by atoms with Gasteiger partial charge in [0.1, 0.15) is 0 Å². The normalized spacial score (nSPS) is 10.7. The van der Waals surface area contributed by atoms with Gasteiger partial charge in [0.2, 0.25) is 0 Å². The molecule has 0 heteroatoms. The van der Waals surface area contributed by atoms with Gasteiger partial charge < -0.3 is 0 Å². The van der Waals surface area contributed by atoms with E-state index in [4.69, 9.17) is 0 Å². The third-order valence-electron chi connectivity index (χ3n) is 3.69. The van der Waals surface area contributed by atoms with Crippen LogP contribution in [0, 0.1) is 0 Å². The van der Waals surface area contributed by atoms with E-state index in [1.807, 2.05) is 0 Å². The Balaban J connectivity index is 1.99. The Kier molecular flexibility index (Phi) is 3.39. The summed E-state index contributed by atoms with van der Waals surface area (Å²) in [5.41, 5.74) is 5.08. The smallest absolute Gasteiger partial charge is 0.00195 e. The Hall–Kier alpha value is -2.34. The number of rotatable bonds is 3. The molecule has 3 aromatic rings. The Bertz CT molecular complexity index is 766. The number of hydrogen-bond acceptors (Lipinski definition) is 0. The maximum Gasteiger partial charge on any atom is -0.00195 e. The van der Waals surface area contributed by atoms with Gasteiger partial charge in [-0.25, -0.2) is 0 Å². The summed E-state index contributed by atoms with van der Waals surface area (Å²) in [6.45, 7) is 6.15. The zero-order chi connectivity index (χ0) is 13.9. The molecular formula is C20H18. The van der Waals surface area contributed by atoms with Crippen molar-refractivity contribution in [3.8, 4) is 0 Å². The molecule has 0 amide bonds. The van der Waals surface area contributed by atoms with Crippen LogP contribution >= 0.6 is 0 Å². The van der Waals surface area contributed by atoms with E-state index in [1.54, 1.807) is 0 Å². The monoisotopic (exact) mass is 258 g/mol. The minimum Gasteiger partial charge on any atom is -0.0955 e. The Morgan fingerprint density at radius 2 is 1.55 bits per heavy atom. The van der Waals surface area contributed by atoms with Gasteiger partial charge in [-0.05, 0) is 40.8 Å². The molecule has 0 aliphatic carbocycles. The Morgan fingerprint density at radius 3 is 2.35 bits per heavy atom. The van der Waals surface area contributed by atoms with Crippen LogP contribution in [0.25, 0.3) is 16.3 Å². The van der Waals surface area contributed by atoms with Gasteiger partial charge in [0.05, 0.1) is 0 Å². The molecule has 0 radical (unpaired) electrons. The molecule has 0 unspecified atom stereocenters. The van der Waals surface area contributed by atoms with Gasteiger partial charge in [0, 0.05) is 0 Å². The lowest BCUT2D eigenvalue weighted by atomic mass is 9.95. The first-order valence-corrected chi connectivity index (χ1v) is 6.95. The zero-order valence-electron chi connectivity index (χ0n) is 11.8. The van der Waals surface area contributed by atoms with E-state index in [9.17, 15) is 0 Å². The van der Waals surface area contributed by atoms with Gasteiger partial charge in [-0.1, -0.05) is 78.9 Å². The first kappa shape index (κ1) is 12.7. The highest BCUT2D eigenvalue weighted by Crippen LogP contribution is 2.22. The predicted octanol–water partition coefficient (Wildman–Crippen LogP) is 5.46. The van der Waals surface area contributed by atoms with Gasteiger partial charge >= 0.3 is 0 Å². The summed E-state index contributed by atoms with van der Waals surface area (Å²) < 4.78 is 0. The molecule has 0 atom stereocenters. The summed E-state index contributed by atoms with van der Waals surface area (Å²) in [6, 6.07) is 23.7. The molecule has 0 saturated carbocycles. The van der Waals surface area contributed by atoms with Crippen LogP contribution in [0.2, 0.25) is 0 Å². The molecular weight excluding hydrogens is 240 g/mol. The quantitative estimate of drug-likeness (QED) is 0.585. The third-order valence-corrected chi connectivity index (χ3v) is 3.69. The van der Waals surface area contributed by atoms with E-state index in [-0.39, 0.29) is 0 Å². The van der Waals surface area contributed by atoms with Crippen LogP contribution < -0.4 is 0 Å². The van der Waals surface area contributed by atoms with Gasteiger partial charge in [-0.2, -0.15) is 0 Å². The Morgan fingerprint density at radius 1 is 0.850 bits per heavy atom. The van der Waals surface area contributed by atoms with Crippen molar-refractivity contribution < 1.29 is 0 Å². The van der Waals surface area contributed by atoms with Crippen LogP contribution in [0.4, 0.5) is 0 Å². The molecule has 0 spiro atoms. The van der Waals surface area contributed by atoms with Crippen LogP contribution in [-0.2, 0) is 6.42 Å². The van der Waals surface area contributed by atoms with E-state index in [1.165, 1.54) is 27.5 Å². The van der Waals surface area contributed by atoms with Gasteiger partial charge in [0.15, 0.2) is 0 Å². The minimum absolute atomic E-state index is 0.952. The average Bonchev–Trinajstić information content (AvgIpc) is 2.47. The number of hydrogen-bond donors (Lipinski definition) is 0. The van der Waals surface area contributed by atoms with Crippen LogP contribution in [0.3, 0.4) is 0 Å². The molecule has 0 aromatic heterocycles. The van der Waals surface area contributed by atoms with Crippen LogP contribution in [0.15, 0.2) is 73.3 Å². The fourth-order valence-electron chi connectivity index (χ4n) is 2.66. The molecule has 0 fully saturated rings. The van der Waals surface area contributed by atoms with Crippen molar-refractivity contribution >= 4 is 16.3 Å². The zero-order valence-corrected chi connectivity index (χ0v) is 11.8. The molecule has 0 N–H and O–H groups in total. The SMILES string of the molecule is C=C(C)c1ccccc1Cc1ccc2ccccc2c1. The maximum atomic E-state index is 4.08. The highest BCUT2D eigenvalue weighted by Gasteiger charge is 2.04. The highest BCUT2D eigenvalue weighted by atomic mass is 14.1.